The summed E-state index contributed by atoms with van der Waals surface area (Å²) >= 11 is 0. The number of carbonyl (C=O) groups is 2. The van der Waals surface area contributed by atoms with Gasteiger partial charge in [-0.25, -0.2) is 9.79 Å². The molecule has 30 heavy (non-hydrogen) atoms. The van der Waals surface area contributed by atoms with E-state index in [9.17, 15) is 9.59 Å². The van der Waals surface area contributed by atoms with E-state index in [2.05, 4.69) is 4.99 Å². The van der Waals surface area contributed by atoms with Crippen LogP contribution in [0.3, 0.4) is 0 Å². The lowest BCUT2D eigenvalue weighted by molar-refractivity contribution is -0.116. The maximum atomic E-state index is 12.4. The van der Waals surface area contributed by atoms with Crippen LogP contribution in [0.15, 0.2) is 47.6 Å². The largest absolute Gasteiger partial charge is 0.462 e. The average molecular weight is 408 g/mol. The minimum atomic E-state index is -0.413. The van der Waals surface area contributed by atoms with Crippen LogP contribution < -0.4 is 14.4 Å². The highest BCUT2D eigenvalue weighted by Crippen LogP contribution is 2.43. The SMILES string of the molecule is CCOC(=O)c1ccc(N(/C=C2\OC(C)=Nc3cc4c(cc32)OCO4)C(C)=O)cc1. The number of hydrogen-bond acceptors (Lipinski definition) is 7. The zero-order valence-corrected chi connectivity index (χ0v) is 16.8. The lowest BCUT2D eigenvalue weighted by Crippen LogP contribution is -2.23. The van der Waals surface area contributed by atoms with E-state index in [1.807, 2.05) is 0 Å². The molecule has 0 radical (unpaired) electrons. The quantitative estimate of drug-likeness (QED) is 0.710. The number of anilines is 1. The monoisotopic (exact) mass is 408 g/mol. The third kappa shape index (κ3) is 3.71. The van der Waals surface area contributed by atoms with Crippen LogP contribution in [0.5, 0.6) is 11.5 Å². The maximum Gasteiger partial charge on any atom is 0.338 e. The van der Waals surface area contributed by atoms with Crippen molar-refractivity contribution in [1.82, 2.24) is 0 Å². The first-order valence-electron chi connectivity index (χ1n) is 9.42. The molecule has 8 heteroatoms. The minimum absolute atomic E-state index is 0.146. The number of rotatable bonds is 4. The number of hydrogen-bond donors (Lipinski definition) is 0. The van der Waals surface area contributed by atoms with Crippen LogP contribution in [0, 0.1) is 0 Å². The number of esters is 1. The lowest BCUT2D eigenvalue weighted by Gasteiger charge is -2.22. The molecule has 0 atom stereocenters. The smallest absolute Gasteiger partial charge is 0.338 e. The summed E-state index contributed by atoms with van der Waals surface area (Å²) in [4.78, 5) is 30.1. The van der Waals surface area contributed by atoms with Crippen molar-refractivity contribution in [3.05, 3.63) is 53.7 Å². The molecule has 0 aromatic heterocycles. The fraction of sp³-hybridized carbons (Fsp3) is 0.227. The van der Waals surface area contributed by atoms with Gasteiger partial charge in [0.1, 0.15) is 0 Å². The molecule has 2 aromatic carbocycles. The van der Waals surface area contributed by atoms with Crippen LogP contribution in [0.1, 0.15) is 36.7 Å². The summed E-state index contributed by atoms with van der Waals surface area (Å²) in [7, 11) is 0. The van der Waals surface area contributed by atoms with E-state index >= 15 is 0 Å². The number of nitrogens with zero attached hydrogens (tertiary/aromatic N) is 2. The molecular weight excluding hydrogens is 388 g/mol. The van der Waals surface area contributed by atoms with Gasteiger partial charge in [0.25, 0.3) is 0 Å². The lowest BCUT2D eigenvalue weighted by atomic mass is 10.1. The van der Waals surface area contributed by atoms with E-state index < -0.39 is 5.97 Å². The van der Waals surface area contributed by atoms with Gasteiger partial charge in [-0.1, -0.05) is 0 Å². The predicted molar refractivity (Wildman–Crippen MR) is 110 cm³/mol. The van der Waals surface area contributed by atoms with E-state index in [4.69, 9.17) is 18.9 Å². The molecule has 1 amide bonds. The summed E-state index contributed by atoms with van der Waals surface area (Å²) in [6.45, 7) is 5.36. The molecule has 2 aliphatic rings. The van der Waals surface area contributed by atoms with Crippen LogP contribution in [-0.2, 0) is 14.3 Å². The predicted octanol–water partition coefficient (Wildman–Crippen LogP) is 4.02. The number of fused-ring (bicyclic) bond motifs is 2. The molecule has 0 saturated heterocycles. The summed E-state index contributed by atoms with van der Waals surface area (Å²) in [6.07, 6.45) is 1.60. The highest BCUT2D eigenvalue weighted by molar-refractivity contribution is 5.98. The Morgan fingerprint density at radius 2 is 1.87 bits per heavy atom. The average Bonchev–Trinajstić information content (AvgIpc) is 3.18. The van der Waals surface area contributed by atoms with Crippen molar-refractivity contribution in [3.63, 3.8) is 0 Å². The van der Waals surface area contributed by atoms with E-state index in [-0.39, 0.29) is 12.7 Å². The van der Waals surface area contributed by atoms with Crippen molar-refractivity contribution in [1.29, 1.82) is 0 Å². The molecule has 0 N–H and O–H groups in total. The zero-order valence-electron chi connectivity index (χ0n) is 16.8. The Labute approximate surface area is 173 Å². The third-order valence-electron chi connectivity index (χ3n) is 4.53. The summed E-state index contributed by atoms with van der Waals surface area (Å²) in [5.41, 5.74) is 2.33. The van der Waals surface area contributed by atoms with E-state index in [0.717, 1.165) is 0 Å². The van der Waals surface area contributed by atoms with Crippen molar-refractivity contribution in [2.75, 3.05) is 18.3 Å². The second kappa shape index (κ2) is 7.90. The van der Waals surface area contributed by atoms with Gasteiger partial charge < -0.3 is 18.9 Å². The molecular formula is C22H20N2O6. The fourth-order valence-electron chi connectivity index (χ4n) is 3.16. The molecule has 154 valence electrons. The highest BCUT2D eigenvalue weighted by Gasteiger charge is 2.25. The van der Waals surface area contributed by atoms with Crippen LogP contribution in [0.4, 0.5) is 11.4 Å². The molecule has 2 aliphatic heterocycles. The number of amides is 1. The second-order valence-corrected chi connectivity index (χ2v) is 6.61. The normalized spacial score (nSPS) is 15.2. The van der Waals surface area contributed by atoms with Gasteiger partial charge in [0.2, 0.25) is 12.7 Å². The van der Waals surface area contributed by atoms with Crippen molar-refractivity contribution in [2.24, 2.45) is 4.99 Å². The molecule has 2 heterocycles. The third-order valence-corrected chi connectivity index (χ3v) is 4.53. The van der Waals surface area contributed by atoms with Gasteiger partial charge in [0.05, 0.1) is 24.1 Å². The first-order chi connectivity index (χ1) is 14.5. The van der Waals surface area contributed by atoms with Crippen LogP contribution in [-0.4, -0.2) is 31.2 Å². The molecule has 8 nitrogen and oxygen atoms in total. The van der Waals surface area contributed by atoms with Gasteiger partial charge in [-0.3, -0.25) is 9.69 Å². The number of aliphatic imine (C=N–C) groups is 1. The maximum absolute atomic E-state index is 12.4. The Morgan fingerprint density at radius 3 is 2.53 bits per heavy atom. The molecule has 4 rings (SSSR count). The van der Waals surface area contributed by atoms with Crippen molar-refractivity contribution >= 4 is 34.9 Å². The molecule has 2 aromatic rings. The van der Waals surface area contributed by atoms with Gasteiger partial charge in [0, 0.05) is 31.2 Å². The molecule has 0 bridgehead atoms. The van der Waals surface area contributed by atoms with Crippen LogP contribution in [0.2, 0.25) is 0 Å². The number of ether oxygens (including phenoxy) is 4. The van der Waals surface area contributed by atoms with Crippen molar-refractivity contribution < 1.29 is 28.5 Å². The van der Waals surface area contributed by atoms with Crippen LogP contribution in [0.25, 0.3) is 5.76 Å². The minimum Gasteiger partial charge on any atom is -0.462 e. The van der Waals surface area contributed by atoms with E-state index in [1.165, 1.54) is 11.8 Å². The summed E-state index contributed by atoms with van der Waals surface area (Å²) in [6, 6.07) is 10.1. The molecule has 0 aliphatic carbocycles. The first-order valence-corrected chi connectivity index (χ1v) is 9.42. The number of benzene rings is 2. The van der Waals surface area contributed by atoms with Gasteiger partial charge >= 0.3 is 5.97 Å². The van der Waals surface area contributed by atoms with Crippen molar-refractivity contribution in [3.8, 4) is 11.5 Å². The Kier molecular flexibility index (Phi) is 5.14. The van der Waals surface area contributed by atoms with Gasteiger partial charge in [-0.15, -0.1) is 0 Å². The summed E-state index contributed by atoms with van der Waals surface area (Å²) in [5.74, 6) is 1.45. The van der Waals surface area contributed by atoms with Gasteiger partial charge in [-0.05, 0) is 37.3 Å². The van der Waals surface area contributed by atoms with Gasteiger partial charge in [-0.2, -0.15) is 0 Å². The van der Waals surface area contributed by atoms with Crippen molar-refractivity contribution in [2.45, 2.75) is 20.8 Å². The first kappa shape index (κ1) is 19.5. The molecule has 0 unspecified atom stereocenters. The van der Waals surface area contributed by atoms with E-state index in [1.54, 1.807) is 56.4 Å². The number of carbonyl (C=O) groups excluding carboxylic acids is 2. The van der Waals surface area contributed by atoms with Gasteiger partial charge in [0.15, 0.2) is 23.2 Å². The topological polar surface area (TPSA) is 86.7 Å². The Balaban J connectivity index is 1.71. The summed E-state index contributed by atoms with van der Waals surface area (Å²) in [5, 5.41) is 0. The Bertz CT molecular complexity index is 1070. The Morgan fingerprint density at radius 1 is 1.17 bits per heavy atom. The molecule has 0 fully saturated rings. The second-order valence-electron chi connectivity index (χ2n) is 6.61. The molecule has 0 saturated carbocycles. The standard InChI is InChI=1S/C22H20N2O6/c1-4-27-22(26)15-5-7-16(8-6-15)24(14(3)25)11-21-17-9-19-20(29-12-28-19)10-18(17)23-13(2)30-21/h5-11H,4,12H2,1-3H3/b21-11-. The fourth-order valence-corrected chi connectivity index (χ4v) is 3.16. The van der Waals surface area contributed by atoms with E-state index in [0.29, 0.717) is 52.3 Å². The Hall–Kier alpha value is -3.81. The van der Waals surface area contributed by atoms with Crippen LogP contribution >= 0.6 is 0 Å². The molecule has 0 spiro atoms. The zero-order chi connectivity index (χ0) is 21.3. The summed E-state index contributed by atoms with van der Waals surface area (Å²) < 4.78 is 21.7. The highest BCUT2D eigenvalue weighted by atomic mass is 16.7.